The molecule has 0 aromatic carbocycles. The van der Waals surface area contributed by atoms with E-state index in [2.05, 4.69) is 16.0 Å². The number of nitrogens with one attached hydrogen (secondary N) is 3. The largest absolute Gasteiger partial charge is 0.383 e. The number of carbonyl (C=O) groups is 4. The van der Waals surface area contributed by atoms with E-state index >= 15 is 0 Å². The molecule has 3 saturated carbocycles. The number of aliphatic hydroxyl groups excluding tert-OH is 2. The lowest BCUT2D eigenvalue weighted by molar-refractivity contribution is -0.161. The Morgan fingerprint density at radius 3 is 2.32 bits per heavy atom. The lowest BCUT2D eigenvalue weighted by Gasteiger charge is -2.55. The Morgan fingerprint density at radius 1 is 0.951 bits per heavy atom. The van der Waals surface area contributed by atoms with Crippen molar-refractivity contribution in [1.29, 1.82) is 0 Å². The molecule has 3 aliphatic carbocycles. The molecule has 5 rings (SSSR count). The number of nitrogens with zero attached hydrogens (tertiary/aromatic N) is 1. The van der Waals surface area contributed by atoms with Crippen molar-refractivity contribution in [2.45, 2.75) is 147 Å². The number of hydrogen-bond donors (Lipinski definition) is 5. The van der Waals surface area contributed by atoms with Gasteiger partial charge >= 0.3 is 0 Å². The second-order valence-corrected chi connectivity index (χ2v) is 14.0. The second kappa shape index (κ2) is 12.2. The van der Waals surface area contributed by atoms with E-state index in [0.717, 1.165) is 64.2 Å². The van der Waals surface area contributed by atoms with Crippen molar-refractivity contribution in [1.82, 2.24) is 20.9 Å². The summed E-state index contributed by atoms with van der Waals surface area (Å²) in [6, 6.07) is -2.31. The Balaban J connectivity index is 1.34. The van der Waals surface area contributed by atoms with Crippen molar-refractivity contribution < 1.29 is 29.4 Å². The zero-order valence-electron chi connectivity index (χ0n) is 24.9. The zero-order chi connectivity index (χ0) is 29.5. The van der Waals surface area contributed by atoms with Gasteiger partial charge in [0.05, 0.1) is 6.04 Å². The average molecular weight is 575 g/mol. The minimum Gasteiger partial charge on any atom is -0.383 e. The highest BCUT2D eigenvalue weighted by Crippen LogP contribution is 2.54. The molecular weight excluding hydrogens is 524 g/mol. The van der Waals surface area contributed by atoms with Gasteiger partial charge in [-0.15, -0.1) is 0 Å². The molecule has 2 saturated heterocycles. The highest BCUT2D eigenvalue weighted by Gasteiger charge is 2.62. The molecule has 4 unspecified atom stereocenters. The van der Waals surface area contributed by atoms with Gasteiger partial charge < -0.3 is 31.1 Å². The third kappa shape index (κ3) is 6.01. The molecule has 2 heterocycles. The van der Waals surface area contributed by atoms with Crippen LogP contribution in [-0.2, 0) is 19.2 Å². The minimum absolute atomic E-state index is 0.0915. The van der Waals surface area contributed by atoms with Gasteiger partial charge in [0.25, 0.3) is 5.91 Å². The SMILES string of the molecule is CCC[C@H](NC(=O)[C@@H]1CC2CCCC3C2N1C(=O)[C@@H](NC(=O)[C@@H](O)C1CCCCC1)C3(C)C)C(O)C(=O)NC1CC1. The van der Waals surface area contributed by atoms with Crippen LogP contribution < -0.4 is 16.0 Å². The summed E-state index contributed by atoms with van der Waals surface area (Å²) < 4.78 is 0. The Labute approximate surface area is 243 Å². The highest BCUT2D eigenvalue weighted by molar-refractivity contribution is 5.95. The average Bonchev–Trinajstić information content (AvgIpc) is 3.69. The summed E-state index contributed by atoms with van der Waals surface area (Å²) in [4.78, 5) is 55.6. The molecule has 10 nitrogen and oxygen atoms in total. The number of rotatable bonds is 10. The van der Waals surface area contributed by atoms with Gasteiger partial charge in [-0.25, -0.2) is 0 Å². The smallest absolute Gasteiger partial charge is 0.251 e. The fourth-order valence-corrected chi connectivity index (χ4v) is 8.32. The molecule has 5 N–H and O–H groups in total. The van der Waals surface area contributed by atoms with E-state index in [1.165, 1.54) is 0 Å². The Morgan fingerprint density at radius 2 is 1.66 bits per heavy atom. The first-order valence-corrected chi connectivity index (χ1v) is 16.1. The molecule has 0 aromatic heterocycles. The summed E-state index contributed by atoms with van der Waals surface area (Å²) in [5.41, 5.74) is -0.536. The summed E-state index contributed by atoms with van der Waals surface area (Å²) in [5.74, 6) is -1.40. The number of amides is 4. The maximum atomic E-state index is 14.2. The minimum atomic E-state index is -1.36. The van der Waals surface area contributed by atoms with Crippen molar-refractivity contribution in [2.75, 3.05) is 0 Å². The lowest BCUT2D eigenvalue weighted by Crippen LogP contribution is -2.70. The summed E-state index contributed by atoms with van der Waals surface area (Å²) in [6.45, 7) is 6.00. The van der Waals surface area contributed by atoms with Crippen LogP contribution in [0.4, 0.5) is 0 Å². The topological polar surface area (TPSA) is 148 Å². The predicted molar refractivity (Wildman–Crippen MR) is 152 cm³/mol. The summed E-state index contributed by atoms with van der Waals surface area (Å²) in [7, 11) is 0. The molecule has 0 radical (unpaired) electrons. The van der Waals surface area contributed by atoms with Gasteiger partial charge in [-0.1, -0.05) is 52.9 Å². The molecule has 5 aliphatic rings. The van der Waals surface area contributed by atoms with Crippen LogP contribution in [0.3, 0.4) is 0 Å². The quantitative estimate of drug-likeness (QED) is 0.269. The van der Waals surface area contributed by atoms with Crippen LogP contribution in [0.25, 0.3) is 0 Å². The summed E-state index contributed by atoms with van der Waals surface area (Å²) in [6.07, 6.45) is 8.49. The maximum Gasteiger partial charge on any atom is 0.251 e. The van der Waals surface area contributed by atoms with Crippen molar-refractivity contribution in [2.24, 2.45) is 23.2 Å². The van der Waals surface area contributed by atoms with E-state index in [1.54, 1.807) is 4.90 Å². The molecule has 10 heteroatoms. The van der Waals surface area contributed by atoms with E-state index in [0.29, 0.717) is 19.3 Å². The lowest BCUT2D eigenvalue weighted by atomic mass is 9.60. The van der Waals surface area contributed by atoms with Gasteiger partial charge in [0, 0.05) is 12.1 Å². The van der Waals surface area contributed by atoms with Crippen LogP contribution >= 0.6 is 0 Å². The van der Waals surface area contributed by atoms with Gasteiger partial charge in [0.15, 0.2) is 6.10 Å². The first-order chi connectivity index (χ1) is 19.5. The van der Waals surface area contributed by atoms with E-state index in [9.17, 15) is 29.4 Å². The van der Waals surface area contributed by atoms with Gasteiger partial charge in [0.2, 0.25) is 17.7 Å². The van der Waals surface area contributed by atoms with E-state index in [-0.39, 0.29) is 41.7 Å². The molecule has 0 spiro atoms. The Kier molecular flexibility index (Phi) is 9.00. The summed E-state index contributed by atoms with van der Waals surface area (Å²) >= 11 is 0. The third-order valence-corrected chi connectivity index (χ3v) is 10.8. The molecule has 5 fully saturated rings. The van der Waals surface area contributed by atoms with E-state index in [1.807, 2.05) is 20.8 Å². The van der Waals surface area contributed by atoms with Gasteiger partial charge in [0.1, 0.15) is 18.2 Å². The molecule has 230 valence electrons. The molecule has 0 aromatic rings. The monoisotopic (exact) mass is 574 g/mol. The van der Waals surface area contributed by atoms with Crippen LogP contribution in [0.2, 0.25) is 0 Å². The number of hydrogen-bond acceptors (Lipinski definition) is 6. The highest BCUT2D eigenvalue weighted by atomic mass is 16.3. The third-order valence-electron chi connectivity index (χ3n) is 10.8. The number of carbonyl (C=O) groups excluding carboxylic acids is 4. The molecule has 8 atom stereocenters. The Hall–Kier alpha value is -2.20. The molecule has 4 amide bonds. The maximum absolute atomic E-state index is 14.2. The van der Waals surface area contributed by atoms with Crippen LogP contribution in [0.5, 0.6) is 0 Å². The number of aliphatic hydroxyl groups is 2. The molecule has 2 aliphatic heterocycles. The van der Waals surface area contributed by atoms with Crippen molar-refractivity contribution in [3.05, 3.63) is 0 Å². The number of piperidine rings is 1. The first-order valence-electron chi connectivity index (χ1n) is 16.1. The molecular formula is C31H50N4O6. The van der Waals surface area contributed by atoms with Crippen LogP contribution in [0.1, 0.15) is 104 Å². The van der Waals surface area contributed by atoms with E-state index < -0.39 is 47.6 Å². The van der Waals surface area contributed by atoms with Gasteiger partial charge in [-0.3, -0.25) is 19.2 Å². The van der Waals surface area contributed by atoms with Crippen LogP contribution in [-0.4, -0.2) is 81.2 Å². The second-order valence-electron chi connectivity index (χ2n) is 14.0. The fraction of sp³-hybridized carbons (Fsp3) is 0.871. The summed E-state index contributed by atoms with van der Waals surface area (Å²) in [5, 5.41) is 30.4. The fourth-order valence-electron chi connectivity index (χ4n) is 8.32. The van der Waals surface area contributed by atoms with Crippen LogP contribution in [0.15, 0.2) is 0 Å². The zero-order valence-corrected chi connectivity index (χ0v) is 24.9. The first kappa shape index (κ1) is 30.3. The normalized spacial score (nSPS) is 33.3. The van der Waals surface area contributed by atoms with E-state index in [4.69, 9.17) is 0 Å². The van der Waals surface area contributed by atoms with Crippen LogP contribution in [0, 0.1) is 23.2 Å². The molecule has 41 heavy (non-hydrogen) atoms. The van der Waals surface area contributed by atoms with Crippen molar-refractivity contribution in [3.63, 3.8) is 0 Å². The van der Waals surface area contributed by atoms with Gasteiger partial charge in [-0.2, -0.15) is 0 Å². The standard InChI is InChI=1S/C31H50N4O6/c1-4-9-21(25(37)29(40)32-19-14-15-19)33-27(38)22-16-18-12-8-13-20-23(18)35(22)30(41)26(31(20,2)3)34-28(39)24(36)17-10-6-5-7-11-17/h17-26,36-37H,4-16H2,1-3H3,(H,32,40)(H,33,38)(H,34,39)/t18?,20?,21-,22-,23?,24-,25?,26+/m0/s1. The molecule has 0 bridgehead atoms. The predicted octanol–water partition coefficient (Wildman–Crippen LogP) is 1.76. The van der Waals surface area contributed by atoms with Gasteiger partial charge in [-0.05, 0) is 74.5 Å². The van der Waals surface area contributed by atoms with Crippen molar-refractivity contribution in [3.8, 4) is 0 Å². The van der Waals surface area contributed by atoms with Crippen molar-refractivity contribution >= 4 is 23.6 Å². The Bertz CT molecular complexity index is 1010.